The Morgan fingerprint density at radius 1 is 1.04 bits per heavy atom. The maximum absolute atomic E-state index is 12.3. The molecule has 4 heteroatoms. The van der Waals surface area contributed by atoms with Crippen LogP contribution in [0.5, 0.6) is 0 Å². The highest BCUT2D eigenvalue weighted by Gasteiger charge is 2.25. The second kappa shape index (κ2) is 9.08. The van der Waals surface area contributed by atoms with Crippen molar-refractivity contribution in [2.24, 2.45) is 0 Å². The van der Waals surface area contributed by atoms with Crippen molar-refractivity contribution >= 4 is 25.1 Å². The molecule has 0 radical (unpaired) electrons. The van der Waals surface area contributed by atoms with Crippen LogP contribution >= 0.6 is 0 Å². The highest BCUT2D eigenvalue weighted by molar-refractivity contribution is 6.94. The van der Waals surface area contributed by atoms with Crippen molar-refractivity contribution in [2.45, 2.75) is 26.2 Å². The third kappa shape index (κ3) is 4.65. The van der Waals surface area contributed by atoms with Gasteiger partial charge in [0.2, 0.25) is 0 Å². The van der Waals surface area contributed by atoms with E-state index in [0.29, 0.717) is 0 Å². The summed E-state index contributed by atoms with van der Waals surface area (Å²) in [4.78, 5) is 12.3. The van der Waals surface area contributed by atoms with Gasteiger partial charge in [0.05, 0.1) is 0 Å². The Hall–Kier alpha value is -2.17. The number of hydrogen-bond acceptors (Lipinski definition) is 2. The third-order valence-corrected chi connectivity index (χ3v) is 7.09. The maximum Gasteiger partial charge on any atom is 0.266 e. The molecule has 0 aromatic heterocycles. The topological polar surface area (TPSA) is 49.3 Å². The summed E-state index contributed by atoms with van der Waals surface area (Å²) in [6.07, 6.45) is 4.97. The van der Waals surface area contributed by atoms with Crippen LogP contribution < -0.4 is 15.9 Å². The third-order valence-electron chi connectivity index (χ3n) is 3.86. The van der Waals surface area contributed by atoms with E-state index in [-0.39, 0.29) is 5.91 Å². The van der Waals surface area contributed by atoms with Gasteiger partial charge in [-0.25, -0.2) is 5.48 Å². The summed E-state index contributed by atoms with van der Waals surface area (Å²) < 4.78 is 0. The quantitative estimate of drug-likeness (QED) is 0.269. The number of allylic oxidation sites excluding steroid dienone is 1. The SMILES string of the molecule is CCCCC=C(C(=O)NO)[SiH](c1ccccc1)c1ccccc1. The number of hydrogen-bond donors (Lipinski definition) is 2. The van der Waals surface area contributed by atoms with E-state index in [1.165, 1.54) is 10.4 Å². The number of unbranched alkanes of at least 4 members (excludes halogenated alkanes) is 2. The van der Waals surface area contributed by atoms with Crippen molar-refractivity contribution in [3.63, 3.8) is 0 Å². The molecular weight excluding hydrogens is 302 g/mol. The first-order valence-corrected chi connectivity index (χ1v) is 9.75. The van der Waals surface area contributed by atoms with Crippen molar-refractivity contribution in [3.8, 4) is 0 Å². The van der Waals surface area contributed by atoms with E-state index in [2.05, 4.69) is 31.2 Å². The lowest BCUT2D eigenvalue weighted by molar-refractivity contribution is -0.124. The molecule has 2 rings (SSSR count). The summed E-state index contributed by atoms with van der Waals surface area (Å²) in [6.45, 7) is 2.13. The normalized spacial score (nSPS) is 11.5. The van der Waals surface area contributed by atoms with Gasteiger partial charge in [-0.05, 0) is 6.42 Å². The van der Waals surface area contributed by atoms with Gasteiger partial charge in [0, 0.05) is 5.20 Å². The molecule has 23 heavy (non-hydrogen) atoms. The van der Waals surface area contributed by atoms with Gasteiger partial charge in [-0.1, -0.05) is 96.9 Å². The highest BCUT2D eigenvalue weighted by atomic mass is 28.3. The second-order valence-corrected chi connectivity index (χ2v) is 8.32. The summed E-state index contributed by atoms with van der Waals surface area (Å²) >= 11 is 0. The molecule has 0 unspecified atom stereocenters. The average Bonchev–Trinajstić information content (AvgIpc) is 2.62. The van der Waals surface area contributed by atoms with Gasteiger partial charge in [0.1, 0.15) is 8.80 Å². The summed E-state index contributed by atoms with van der Waals surface area (Å²) in [5.74, 6) is -0.384. The Morgan fingerprint density at radius 2 is 1.57 bits per heavy atom. The van der Waals surface area contributed by atoms with E-state index < -0.39 is 8.80 Å². The first-order chi connectivity index (χ1) is 11.3. The highest BCUT2D eigenvalue weighted by Crippen LogP contribution is 2.08. The lowest BCUT2D eigenvalue weighted by Gasteiger charge is -2.19. The molecule has 0 fully saturated rings. The minimum atomic E-state index is -1.89. The van der Waals surface area contributed by atoms with E-state index in [1.54, 1.807) is 0 Å². The Labute approximate surface area is 139 Å². The zero-order valence-electron chi connectivity index (χ0n) is 13.4. The number of nitrogens with one attached hydrogen (secondary N) is 1. The van der Waals surface area contributed by atoms with Crippen molar-refractivity contribution in [1.29, 1.82) is 0 Å². The molecule has 2 aromatic carbocycles. The molecule has 0 bridgehead atoms. The summed E-state index contributed by atoms with van der Waals surface area (Å²) in [7, 11) is -1.89. The Bertz CT molecular complexity index is 601. The smallest absolute Gasteiger partial charge is 0.266 e. The van der Waals surface area contributed by atoms with Crippen LogP contribution in [0.2, 0.25) is 0 Å². The van der Waals surface area contributed by atoms with Crippen LogP contribution in [0.15, 0.2) is 71.9 Å². The number of benzene rings is 2. The standard InChI is InChI=1S/C19H23NO2Si/c1-2-3-6-15-18(19(21)20-22)23(16-11-7-4-8-12-16)17-13-9-5-10-14-17/h4-5,7-15,22-23H,2-3,6H2,1H3,(H,20,21). The van der Waals surface area contributed by atoms with Gasteiger partial charge in [-0.3, -0.25) is 10.0 Å². The maximum atomic E-state index is 12.3. The molecule has 2 N–H and O–H groups in total. The Kier molecular flexibility index (Phi) is 6.78. The molecule has 120 valence electrons. The van der Waals surface area contributed by atoms with Crippen molar-refractivity contribution in [1.82, 2.24) is 5.48 Å². The average molecular weight is 325 g/mol. The van der Waals surface area contributed by atoms with Gasteiger partial charge >= 0.3 is 0 Å². The van der Waals surface area contributed by atoms with Gasteiger partial charge < -0.3 is 0 Å². The number of amides is 1. The number of carbonyl (C=O) groups excluding carboxylic acids is 1. The lowest BCUT2D eigenvalue weighted by Crippen LogP contribution is -2.48. The fourth-order valence-corrected chi connectivity index (χ4v) is 5.76. The zero-order valence-corrected chi connectivity index (χ0v) is 14.6. The van der Waals surface area contributed by atoms with Crippen LogP contribution in [0, 0.1) is 0 Å². The lowest BCUT2D eigenvalue weighted by atomic mass is 10.2. The van der Waals surface area contributed by atoms with Crippen LogP contribution in [0.4, 0.5) is 0 Å². The van der Waals surface area contributed by atoms with Crippen LogP contribution in [0.3, 0.4) is 0 Å². The van der Waals surface area contributed by atoms with E-state index in [0.717, 1.165) is 24.5 Å². The zero-order chi connectivity index (χ0) is 16.5. The molecule has 3 nitrogen and oxygen atoms in total. The van der Waals surface area contributed by atoms with Crippen molar-refractivity contribution in [2.75, 3.05) is 0 Å². The predicted molar refractivity (Wildman–Crippen MR) is 96.8 cm³/mol. The van der Waals surface area contributed by atoms with E-state index in [9.17, 15) is 10.0 Å². The molecule has 0 aliphatic carbocycles. The molecule has 0 atom stereocenters. The fraction of sp³-hybridized carbons (Fsp3) is 0.211. The molecule has 0 aliphatic rings. The summed E-state index contributed by atoms with van der Waals surface area (Å²) in [5.41, 5.74) is 1.84. The van der Waals surface area contributed by atoms with E-state index in [4.69, 9.17) is 0 Å². The summed E-state index contributed by atoms with van der Waals surface area (Å²) in [6, 6.07) is 20.2. The molecular formula is C19H23NO2Si. The molecule has 0 saturated heterocycles. The molecule has 0 heterocycles. The van der Waals surface area contributed by atoms with E-state index >= 15 is 0 Å². The van der Waals surface area contributed by atoms with Crippen molar-refractivity contribution in [3.05, 3.63) is 71.9 Å². The number of carbonyl (C=O) groups is 1. The van der Waals surface area contributed by atoms with E-state index in [1.807, 2.05) is 48.0 Å². The minimum absolute atomic E-state index is 0.384. The molecule has 1 amide bonds. The van der Waals surface area contributed by atoms with Crippen LogP contribution in [0.25, 0.3) is 0 Å². The largest absolute Gasteiger partial charge is 0.288 e. The molecule has 0 saturated carbocycles. The Balaban J connectivity index is 2.49. The van der Waals surface area contributed by atoms with Crippen LogP contribution in [-0.2, 0) is 4.79 Å². The van der Waals surface area contributed by atoms with Crippen LogP contribution in [0.1, 0.15) is 26.2 Å². The molecule has 0 spiro atoms. The number of hydroxylamine groups is 1. The Morgan fingerprint density at radius 3 is 2.00 bits per heavy atom. The first kappa shape index (κ1) is 17.2. The summed E-state index contributed by atoms with van der Waals surface area (Å²) in [5, 5.41) is 12.2. The van der Waals surface area contributed by atoms with Gasteiger partial charge in [-0.2, -0.15) is 0 Å². The molecule has 2 aromatic rings. The van der Waals surface area contributed by atoms with Gasteiger partial charge in [0.25, 0.3) is 5.91 Å². The second-order valence-electron chi connectivity index (χ2n) is 5.50. The minimum Gasteiger partial charge on any atom is -0.288 e. The van der Waals surface area contributed by atoms with Gasteiger partial charge in [0.15, 0.2) is 0 Å². The predicted octanol–water partition coefficient (Wildman–Crippen LogP) is 2.19. The van der Waals surface area contributed by atoms with Gasteiger partial charge in [-0.15, -0.1) is 0 Å². The monoisotopic (exact) mass is 325 g/mol. The van der Waals surface area contributed by atoms with Crippen molar-refractivity contribution < 1.29 is 10.0 Å². The number of rotatable bonds is 7. The molecule has 0 aliphatic heterocycles. The first-order valence-electron chi connectivity index (χ1n) is 8.02. The van der Waals surface area contributed by atoms with Crippen LogP contribution in [-0.4, -0.2) is 19.9 Å². The fourth-order valence-electron chi connectivity index (χ4n) is 2.71.